The monoisotopic (exact) mass is 267 g/mol. The number of aromatic nitrogens is 1. The fourth-order valence-corrected chi connectivity index (χ4v) is 3.09. The fraction of sp³-hybridized carbons (Fsp3) is 0.429. The standard InChI is InChI=1S/C14H18ClNS/c1-4-16-12(9-17-10(2)3)8-11-6-5-7-13(15)14(11)16/h5-8,10H,4,9H2,1-3H3. The van der Waals surface area contributed by atoms with Crippen molar-refractivity contribution in [3.63, 3.8) is 0 Å². The summed E-state index contributed by atoms with van der Waals surface area (Å²) in [5, 5.41) is 2.76. The van der Waals surface area contributed by atoms with Crippen molar-refractivity contribution in [2.24, 2.45) is 0 Å². The van der Waals surface area contributed by atoms with Gasteiger partial charge in [-0.3, -0.25) is 0 Å². The average molecular weight is 268 g/mol. The van der Waals surface area contributed by atoms with E-state index < -0.39 is 0 Å². The van der Waals surface area contributed by atoms with Gasteiger partial charge in [-0.05, 0) is 24.3 Å². The summed E-state index contributed by atoms with van der Waals surface area (Å²) in [6, 6.07) is 8.39. The highest BCUT2D eigenvalue weighted by atomic mass is 35.5. The minimum absolute atomic E-state index is 0.661. The van der Waals surface area contributed by atoms with Gasteiger partial charge in [0.1, 0.15) is 0 Å². The van der Waals surface area contributed by atoms with E-state index in [1.807, 2.05) is 23.9 Å². The van der Waals surface area contributed by atoms with Gasteiger partial charge in [0.2, 0.25) is 0 Å². The number of hydrogen-bond acceptors (Lipinski definition) is 1. The van der Waals surface area contributed by atoms with E-state index in [4.69, 9.17) is 11.6 Å². The summed E-state index contributed by atoms with van der Waals surface area (Å²) in [4.78, 5) is 0. The van der Waals surface area contributed by atoms with Gasteiger partial charge in [0.15, 0.2) is 0 Å². The number of para-hydroxylation sites is 1. The lowest BCUT2D eigenvalue weighted by atomic mass is 10.2. The van der Waals surface area contributed by atoms with Crippen LogP contribution in [-0.2, 0) is 12.3 Å². The lowest BCUT2D eigenvalue weighted by molar-refractivity contribution is 0.765. The van der Waals surface area contributed by atoms with Gasteiger partial charge >= 0.3 is 0 Å². The summed E-state index contributed by atoms with van der Waals surface area (Å²) >= 11 is 8.26. The summed E-state index contributed by atoms with van der Waals surface area (Å²) < 4.78 is 2.33. The molecule has 92 valence electrons. The summed E-state index contributed by atoms with van der Waals surface area (Å²) in [5.41, 5.74) is 2.55. The molecule has 0 aliphatic rings. The average Bonchev–Trinajstić information content (AvgIpc) is 2.65. The molecule has 0 N–H and O–H groups in total. The van der Waals surface area contributed by atoms with Crippen molar-refractivity contribution in [2.45, 2.75) is 38.3 Å². The zero-order valence-electron chi connectivity index (χ0n) is 10.5. The smallest absolute Gasteiger partial charge is 0.0672 e. The summed E-state index contributed by atoms with van der Waals surface area (Å²) in [6.45, 7) is 7.61. The second kappa shape index (κ2) is 5.36. The van der Waals surface area contributed by atoms with Crippen LogP contribution in [0.5, 0.6) is 0 Å². The van der Waals surface area contributed by atoms with Crippen molar-refractivity contribution < 1.29 is 0 Å². The van der Waals surface area contributed by atoms with E-state index >= 15 is 0 Å². The van der Waals surface area contributed by atoms with E-state index in [1.54, 1.807) is 0 Å². The molecular formula is C14H18ClNS. The first-order valence-corrected chi connectivity index (χ1v) is 7.44. The predicted octanol–water partition coefficient (Wildman–Crippen LogP) is 4.96. The maximum absolute atomic E-state index is 6.29. The number of hydrogen-bond donors (Lipinski definition) is 0. The molecule has 0 bridgehead atoms. The van der Waals surface area contributed by atoms with E-state index in [9.17, 15) is 0 Å². The number of benzene rings is 1. The molecular weight excluding hydrogens is 250 g/mol. The van der Waals surface area contributed by atoms with E-state index in [0.29, 0.717) is 5.25 Å². The van der Waals surface area contributed by atoms with Crippen molar-refractivity contribution >= 4 is 34.3 Å². The van der Waals surface area contributed by atoms with Gasteiger partial charge in [-0.2, -0.15) is 11.8 Å². The number of aryl methyl sites for hydroxylation is 1. The molecule has 1 nitrogen and oxygen atoms in total. The molecule has 0 amide bonds. The molecule has 1 aromatic carbocycles. The number of fused-ring (bicyclic) bond motifs is 1. The molecule has 2 rings (SSSR count). The highest BCUT2D eigenvalue weighted by Crippen LogP contribution is 2.29. The zero-order chi connectivity index (χ0) is 12.4. The van der Waals surface area contributed by atoms with Crippen LogP contribution in [-0.4, -0.2) is 9.82 Å². The normalized spacial score (nSPS) is 11.6. The maximum Gasteiger partial charge on any atom is 0.0672 e. The molecule has 0 saturated heterocycles. The van der Waals surface area contributed by atoms with Gasteiger partial charge in [0, 0.05) is 23.4 Å². The molecule has 3 heteroatoms. The highest BCUT2D eigenvalue weighted by Gasteiger charge is 2.10. The van der Waals surface area contributed by atoms with Crippen LogP contribution in [0.1, 0.15) is 26.5 Å². The van der Waals surface area contributed by atoms with Gasteiger partial charge < -0.3 is 4.57 Å². The van der Waals surface area contributed by atoms with Gasteiger partial charge in [-0.1, -0.05) is 37.6 Å². The predicted molar refractivity (Wildman–Crippen MR) is 79.1 cm³/mol. The number of rotatable bonds is 4. The molecule has 0 aliphatic carbocycles. The molecule has 1 heterocycles. The first-order chi connectivity index (χ1) is 8.13. The Morgan fingerprint density at radius 2 is 2.12 bits per heavy atom. The summed E-state index contributed by atoms with van der Waals surface area (Å²) in [5.74, 6) is 1.05. The maximum atomic E-state index is 6.29. The van der Waals surface area contributed by atoms with E-state index in [1.165, 1.54) is 16.6 Å². The molecule has 1 aromatic heterocycles. The second-order valence-corrected chi connectivity index (χ2v) is 6.39. The van der Waals surface area contributed by atoms with Crippen LogP contribution < -0.4 is 0 Å². The Labute approximate surface area is 112 Å². The third kappa shape index (κ3) is 2.63. The van der Waals surface area contributed by atoms with Crippen LogP contribution in [0.2, 0.25) is 5.02 Å². The molecule has 0 saturated carbocycles. The van der Waals surface area contributed by atoms with E-state index in [-0.39, 0.29) is 0 Å². The number of nitrogens with zero attached hydrogens (tertiary/aromatic N) is 1. The molecule has 0 spiro atoms. The Kier molecular flexibility index (Phi) is 4.05. The van der Waals surface area contributed by atoms with Crippen LogP contribution in [0.4, 0.5) is 0 Å². The number of thioether (sulfide) groups is 1. The Morgan fingerprint density at radius 1 is 1.35 bits per heavy atom. The van der Waals surface area contributed by atoms with Crippen molar-refractivity contribution in [1.82, 2.24) is 4.57 Å². The lowest BCUT2D eigenvalue weighted by Gasteiger charge is -2.09. The molecule has 0 unspecified atom stereocenters. The van der Waals surface area contributed by atoms with E-state index in [0.717, 1.165) is 17.3 Å². The summed E-state index contributed by atoms with van der Waals surface area (Å²) in [7, 11) is 0. The quantitative estimate of drug-likeness (QED) is 0.758. The van der Waals surface area contributed by atoms with Crippen LogP contribution in [0.25, 0.3) is 10.9 Å². The first kappa shape index (κ1) is 12.8. The topological polar surface area (TPSA) is 4.93 Å². The van der Waals surface area contributed by atoms with Gasteiger partial charge in [0.25, 0.3) is 0 Å². The first-order valence-electron chi connectivity index (χ1n) is 6.01. The third-order valence-corrected chi connectivity index (χ3v) is 4.27. The van der Waals surface area contributed by atoms with Gasteiger partial charge in [-0.15, -0.1) is 0 Å². The molecule has 0 radical (unpaired) electrons. The molecule has 17 heavy (non-hydrogen) atoms. The number of halogens is 1. The molecule has 0 fully saturated rings. The summed E-state index contributed by atoms with van der Waals surface area (Å²) in [6.07, 6.45) is 0. The van der Waals surface area contributed by atoms with Gasteiger partial charge in [-0.25, -0.2) is 0 Å². The molecule has 0 atom stereocenters. The highest BCUT2D eigenvalue weighted by molar-refractivity contribution is 7.99. The Bertz CT molecular complexity index is 516. The van der Waals surface area contributed by atoms with Crippen molar-refractivity contribution in [3.8, 4) is 0 Å². The lowest BCUT2D eigenvalue weighted by Crippen LogP contribution is -2.00. The van der Waals surface area contributed by atoms with Crippen molar-refractivity contribution in [2.75, 3.05) is 0 Å². The Morgan fingerprint density at radius 3 is 2.76 bits per heavy atom. The van der Waals surface area contributed by atoms with Gasteiger partial charge in [0.05, 0.1) is 10.5 Å². The second-order valence-electron chi connectivity index (χ2n) is 4.42. The van der Waals surface area contributed by atoms with Crippen molar-refractivity contribution in [3.05, 3.63) is 35.0 Å². The Balaban J connectivity index is 2.45. The minimum Gasteiger partial charge on any atom is -0.343 e. The van der Waals surface area contributed by atoms with E-state index in [2.05, 4.69) is 37.5 Å². The fourth-order valence-electron chi connectivity index (χ4n) is 2.07. The van der Waals surface area contributed by atoms with Crippen molar-refractivity contribution in [1.29, 1.82) is 0 Å². The molecule has 0 aliphatic heterocycles. The van der Waals surface area contributed by atoms with Crippen LogP contribution in [0.3, 0.4) is 0 Å². The SMILES string of the molecule is CCn1c(CSC(C)C)cc2cccc(Cl)c21. The van der Waals surface area contributed by atoms with Crippen LogP contribution in [0, 0.1) is 0 Å². The van der Waals surface area contributed by atoms with Crippen LogP contribution in [0.15, 0.2) is 24.3 Å². The molecule has 2 aromatic rings. The largest absolute Gasteiger partial charge is 0.343 e. The van der Waals surface area contributed by atoms with Crippen LogP contribution >= 0.6 is 23.4 Å². The zero-order valence-corrected chi connectivity index (χ0v) is 12.1. The Hall–Kier alpha value is -0.600. The third-order valence-electron chi connectivity index (χ3n) is 2.84. The minimum atomic E-state index is 0.661.